The van der Waals surface area contributed by atoms with E-state index >= 15 is 0 Å². The molecule has 0 aromatic heterocycles. The number of rotatable bonds is 4. The number of hydrogen-bond acceptors (Lipinski definition) is 3. The average Bonchev–Trinajstić information content (AvgIpc) is 2.73. The molecule has 4 nitrogen and oxygen atoms in total. The maximum atomic E-state index is 11.0. The van der Waals surface area contributed by atoms with Gasteiger partial charge in [0.05, 0.1) is 15.5 Å². The monoisotopic (exact) mass is 268 g/mol. The molecule has 0 spiro atoms. The van der Waals surface area contributed by atoms with Crippen molar-refractivity contribution in [1.82, 2.24) is 5.32 Å². The lowest BCUT2D eigenvalue weighted by molar-refractivity contribution is -0.385. The van der Waals surface area contributed by atoms with Gasteiger partial charge in [-0.15, -0.1) is 0 Å². The van der Waals surface area contributed by atoms with E-state index in [1.54, 1.807) is 12.1 Å². The van der Waals surface area contributed by atoms with Crippen molar-refractivity contribution in [3.05, 3.63) is 38.9 Å². The maximum absolute atomic E-state index is 11.0. The van der Waals surface area contributed by atoms with E-state index in [0.717, 1.165) is 6.42 Å². The molecule has 1 aromatic rings. The Hall–Kier alpha value is -1.13. The Morgan fingerprint density at radius 2 is 2.28 bits per heavy atom. The maximum Gasteiger partial charge on any atom is 0.275 e. The molecule has 1 saturated carbocycles. The number of nitro benzene ring substituents is 1. The van der Waals surface area contributed by atoms with Crippen LogP contribution in [0.3, 0.4) is 0 Å². The summed E-state index contributed by atoms with van der Waals surface area (Å²) >= 11 is 6.05. The first-order valence-electron chi connectivity index (χ1n) is 6.24. The van der Waals surface area contributed by atoms with E-state index in [1.165, 1.54) is 18.9 Å². The third-order valence-electron chi connectivity index (χ3n) is 3.69. The molecule has 0 heterocycles. The zero-order valence-corrected chi connectivity index (χ0v) is 11.1. The third kappa shape index (κ3) is 2.82. The zero-order chi connectivity index (χ0) is 13.1. The topological polar surface area (TPSA) is 55.2 Å². The van der Waals surface area contributed by atoms with Crippen LogP contribution in [0.4, 0.5) is 5.69 Å². The van der Waals surface area contributed by atoms with Crippen LogP contribution in [-0.4, -0.2) is 11.0 Å². The molecule has 5 heteroatoms. The van der Waals surface area contributed by atoms with Crippen molar-refractivity contribution < 1.29 is 4.92 Å². The summed E-state index contributed by atoms with van der Waals surface area (Å²) in [6, 6.07) is 5.26. The minimum Gasteiger partial charge on any atom is -0.309 e. The highest BCUT2D eigenvalue weighted by atomic mass is 35.5. The Labute approximate surface area is 111 Å². The normalized spacial score (nSPS) is 23.2. The van der Waals surface area contributed by atoms with Crippen LogP contribution in [0.1, 0.15) is 31.7 Å². The molecule has 2 rings (SSSR count). The molecule has 1 fully saturated rings. The quantitative estimate of drug-likeness (QED) is 0.671. The highest BCUT2D eigenvalue weighted by Crippen LogP contribution is 2.28. The lowest BCUT2D eigenvalue weighted by Crippen LogP contribution is -2.30. The van der Waals surface area contributed by atoms with Crippen molar-refractivity contribution in [2.24, 2.45) is 5.92 Å². The van der Waals surface area contributed by atoms with Crippen LogP contribution in [0.2, 0.25) is 5.02 Å². The second kappa shape index (κ2) is 5.67. The Balaban J connectivity index is 2.11. The summed E-state index contributed by atoms with van der Waals surface area (Å²) in [6.07, 6.45) is 3.59. The molecule has 0 radical (unpaired) electrons. The van der Waals surface area contributed by atoms with Crippen LogP contribution in [-0.2, 0) is 6.54 Å². The summed E-state index contributed by atoms with van der Waals surface area (Å²) in [7, 11) is 0. The van der Waals surface area contributed by atoms with Gasteiger partial charge in [-0.25, -0.2) is 0 Å². The Morgan fingerprint density at radius 3 is 2.89 bits per heavy atom. The van der Waals surface area contributed by atoms with Gasteiger partial charge >= 0.3 is 0 Å². The predicted molar refractivity (Wildman–Crippen MR) is 71.7 cm³/mol. The number of nitrogens with one attached hydrogen (secondary N) is 1. The molecule has 0 aliphatic heterocycles. The van der Waals surface area contributed by atoms with E-state index in [2.05, 4.69) is 12.2 Å². The molecule has 2 atom stereocenters. The van der Waals surface area contributed by atoms with Gasteiger partial charge in [-0.1, -0.05) is 31.0 Å². The van der Waals surface area contributed by atoms with Crippen molar-refractivity contribution in [3.63, 3.8) is 0 Å². The largest absolute Gasteiger partial charge is 0.309 e. The standard InChI is InChI=1S/C13H17ClN2O2/c1-9-4-2-6-12(9)15-8-10-11(14)5-3-7-13(10)16(17)18/h3,5,7,9,12,15H,2,4,6,8H2,1H3. The highest BCUT2D eigenvalue weighted by Gasteiger charge is 2.24. The number of nitrogens with zero attached hydrogens (tertiary/aromatic N) is 1. The minimum absolute atomic E-state index is 0.0978. The Bertz CT molecular complexity index is 451. The van der Waals surface area contributed by atoms with Crippen LogP contribution in [0.5, 0.6) is 0 Å². The second-order valence-corrected chi connectivity index (χ2v) is 5.30. The van der Waals surface area contributed by atoms with Gasteiger partial charge in [-0.2, -0.15) is 0 Å². The Morgan fingerprint density at radius 1 is 1.50 bits per heavy atom. The van der Waals surface area contributed by atoms with Crippen molar-refractivity contribution in [3.8, 4) is 0 Å². The van der Waals surface area contributed by atoms with Crippen LogP contribution in [0.25, 0.3) is 0 Å². The van der Waals surface area contributed by atoms with Crippen LogP contribution in [0, 0.1) is 16.0 Å². The molecule has 0 bridgehead atoms. The van der Waals surface area contributed by atoms with E-state index in [-0.39, 0.29) is 10.6 Å². The lowest BCUT2D eigenvalue weighted by atomic mass is 10.1. The van der Waals surface area contributed by atoms with Crippen LogP contribution < -0.4 is 5.32 Å². The molecule has 0 amide bonds. The number of halogens is 1. The third-order valence-corrected chi connectivity index (χ3v) is 4.05. The summed E-state index contributed by atoms with van der Waals surface area (Å²) in [5.41, 5.74) is 0.684. The number of nitro groups is 1. The summed E-state index contributed by atoms with van der Waals surface area (Å²) in [5.74, 6) is 0.631. The van der Waals surface area contributed by atoms with Gasteiger partial charge < -0.3 is 5.32 Å². The molecule has 1 aliphatic rings. The molecular formula is C13H17ClN2O2. The van der Waals surface area contributed by atoms with Crippen molar-refractivity contribution in [1.29, 1.82) is 0 Å². The molecular weight excluding hydrogens is 252 g/mol. The number of benzene rings is 1. The molecule has 0 saturated heterocycles. The lowest BCUT2D eigenvalue weighted by Gasteiger charge is -2.17. The van der Waals surface area contributed by atoms with E-state index in [1.807, 2.05) is 0 Å². The fourth-order valence-corrected chi connectivity index (χ4v) is 2.81. The van der Waals surface area contributed by atoms with Crippen LogP contribution >= 0.6 is 11.6 Å². The first-order chi connectivity index (χ1) is 8.59. The van der Waals surface area contributed by atoms with Gasteiger partial charge in [-0.3, -0.25) is 10.1 Å². The van der Waals surface area contributed by atoms with E-state index < -0.39 is 0 Å². The minimum atomic E-state index is -0.374. The van der Waals surface area contributed by atoms with Crippen LogP contribution in [0.15, 0.2) is 18.2 Å². The van der Waals surface area contributed by atoms with E-state index in [9.17, 15) is 10.1 Å². The first-order valence-corrected chi connectivity index (χ1v) is 6.62. The fourth-order valence-electron chi connectivity index (χ4n) is 2.58. The van der Waals surface area contributed by atoms with Gasteiger partial charge in [0.1, 0.15) is 0 Å². The zero-order valence-electron chi connectivity index (χ0n) is 10.4. The highest BCUT2D eigenvalue weighted by molar-refractivity contribution is 6.31. The molecule has 18 heavy (non-hydrogen) atoms. The summed E-state index contributed by atoms with van der Waals surface area (Å²) in [6.45, 7) is 2.68. The van der Waals surface area contributed by atoms with E-state index in [4.69, 9.17) is 11.6 Å². The van der Waals surface area contributed by atoms with Gasteiger partial charge in [0, 0.05) is 18.7 Å². The van der Waals surface area contributed by atoms with Gasteiger partial charge in [-0.05, 0) is 24.8 Å². The summed E-state index contributed by atoms with van der Waals surface area (Å²) in [5, 5.41) is 14.8. The summed E-state index contributed by atoms with van der Waals surface area (Å²) in [4.78, 5) is 10.6. The van der Waals surface area contributed by atoms with Gasteiger partial charge in [0.2, 0.25) is 0 Å². The Kier molecular flexibility index (Phi) is 4.19. The molecule has 1 aliphatic carbocycles. The van der Waals surface area contributed by atoms with Gasteiger partial charge in [0.15, 0.2) is 0 Å². The fraction of sp³-hybridized carbons (Fsp3) is 0.538. The first kappa shape index (κ1) is 13.3. The second-order valence-electron chi connectivity index (χ2n) is 4.89. The molecule has 2 unspecified atom stereocenters. The van der Waals surface area contributed by atoms with Gasteiger partial charge in [0.25, 0.3) is 5.69 Å². The smallest absolute Gasteiger partial charge is 0.275 e. The SMILES string of the molecule is CC1CCCC1NCc1c(Cl)cccc1[N+](=O)[O-]. The predicted octanol–water partition coefficient (Wildman–Crippen LogP) is 3.53. The average molecular weight is 269 g/mol. The molecule has 1 aromatic carbocycles. The molecule has 1 N–H and O–H groups in total. The van der Waals surface area contributed by atoms with Crippen molar-refractivity contribution >= 4 is 17.3 Å². The van der Waals surface area contributed by atoms with E-state index in [0.29, 0.717) is 29.1 Å². The molecule has 98 valence electrons. The number of hydrogen-bond donors (Lipinski definition) is 1. The van der Waals surface area contributed by atoms with Crippen molar-refractivity contribution in [2.75, 3.05) is 0 Å². The summed E-state index contributed by atoms with van der Waals surface area (Å²) < 4.78 is 0. The van der Waals surface area contributed by atoms with Crippen molar-refractivity contribution in [2.45, 2.75) is 38.8 Å².